The molecule has 1 N–H and O–H groups in total. The summed E-state index contributed by atoms with van der Waals surface area (Å²) in [4.78, 5) is 40.4. The first-order valence-electron chi connectivity index (χ1n) is 10.5. The number of carbonyl (C=O) groups excluding carboxylic acids is 2. The third kappa shape index (κ3) is 4.16. The Labute approximate surface area is 172 Å². The highest BCUT2D eigenvalue weighted by Gasteiger charge is 2.45. The molecule has 3 amide bonds. The molecule has 6 heteroatoms. The predicted octanol–water partition coefficient (Wildman–Crippen LogP) is 4.50. The van der Waals surface area contributed by atoms with Crippen molar-refractivity contribution in [1.29, 1.82) is 0 Å². The molecule has 1 aromatic rings. The zero-order valence-electron chi connectivity index (χ0n) is 17.9. The Morgan fingerprint density at radius 2 is 1.62 bits per heavy atom. The topological polar surface area (TPSA) is 77.9 Å². The molecule has 29 heavy (non-hydrogen) atoms. The van der Waals surface area contributed by atoms with Crippen LogP contribution in [0.15, 0.2) is 24.3 Å². The van der Waals surface area contributed by atoms with E-state index in [-0.39, 0.29) is 29.7 Å². The van der Waals surface area contributed by atoms with E-state index in [2.05, 4.69) is 20.8 Å². The van der Waals surface area contributed by atoms with Gasteiger partial charge in [0.25, 0.3) is 11.8 Å². The number of hydrogen-bond acceptors (Lipinski definition) is 3. The molecule has 0 aromatic heterocycles. The van der Waals surface area contributed by atoms with Crippen LogP contribution in [0.2, 0.25) is 0 Å². The van der Waals surface area contributed by atoms with Crippen molar-refractivity contribution in [2.45, 2.75) is 58.9 Å². The second-order valence-electron chi connectivity index (χ2n) is 9.52. The number of hydrogen-bond donors (Lipinski definition) is 1. The molecular formula is C23H32N2O4. The first-order valence-corrected chi connectivity index (χ1v) is 10.5. The van der Waals surface area contributed by atoms with Crippen molar-refractivity contribution in [2.24, 2.45) is 17.3 Å². The molecule has 2 atom stereocenters. The smallest absolute Gasteiger partial charge is 0.407 e. The molecule has 1 aromatic carbocycles. The number of likely N-dealkylation sites (N-methyl/N-ethyl adjacent to an activating group) is 1. The van der Waals surface area contributed by atoms with Gasteiger partial charge in [-0.1, -0.05) is 65.0 Å². The molecule has 1 heterocycles. The maximum absolute atomic E-state index is 12.9. The number of amides is 3. The summed E-state index contributed by atoms with van der Waals surface area (Å²) < 4.78 is 0. The summed E-state index contributed by atoms with van der Waals surface area (Å²) >= 11 is 0. The second kappa shape index (κ2) is 8.17. The van der Waals surface area contributed by atoms with Gasteiger partial charge >= 0.3 is 6.09 Å². The van der Waals surface area contributed by atoms with Crippen molar-refractivity contribution in [3.8, 4) is 0 Å². The third-order valence-electron chi connectivity index (χ3n) is 6.62. The van der Waals surface area contributed by atoms with Crippen LogP contribution in [0.4, 0.5) is 4.79 Å². The van der Waals surface area contributed by atoms with E-state index in [1.54, 1.807) is 31.3 Å². The Morgan fingerprint density at radius 3 is 2.07 bits per heavy atom. The fraction of sp³-hybridized carbons (Fsp3) is 0.609. The molecule has 0 bridgehead atoms. The molecule has 1 fully saturated rings. The summed E-state index contributed by atoms with van der Waals surface area (Å²) in [5, 5.41) is 9.78. The van der Waals surface area contributed by atoms with E-state index in [9.17, 15) is 19.5 Å². The molecule has 1 aliphatic heterocycles. The lowest BCUT2D eigenvalue weighted by molar-refractivity contribution is 0.0167. The van der Waals surface area contributed by atoms with E-state index in [0.29, 0.717) is 17.0 Å². The minimum atomic E-state index is -1.03. The van der Waals surface area contributed by atoms with Crippen molar-refractivity contribution in [3.05, 3.63) is 35.4 Å². The van der Waals surface area contributed by atoms with E-state index >= 15 is 0 Å². The van der Waals surface area contributed by atoms with E-state index in [4.69, 9.17) is 0 Å². The average molecular weight is 401 g/mol. The first kappa shape index (κ1) is 21.3. The standard InChI is InChI=1S/C23H32N2O4/c1-23(2,3)19(15-10-6-5-7-11-15)18(24(4)22(28)29)14-25-20(26)16-12-8-9-13-17(16)21(25)27/h8-9,12-13,15,18-19H,5-7,10-11,14H2,1-4H3,(H,28,29)/t18?,19-/m1/s1. The lowest BCUT2D eigenvalue weighted by Gasteiger charge is -2.47. The van der Waals surface area contributed by atoms with Crippen molar-refractivity contribution >= 4 is 17.9 Å². The van der Waals surface area contributed by atoms with Gasteiger partial charge in [0.05, 0.1) is 23.7 Å². The number of benzene rings is 1. The molecule has 1 aliphatic carbocycles. The average Bonchev–Trinajstić information content (AvgIpc) is 2.91. The molecule has 158 valence electrons. The van der Waals surface area contributed by atoms with E-state index in [0.717, 1.165) is 25.7 Å². The Balaban J connectivity index is 1.96. The number of fused-ring (bicyclic) bond motifs is 1. The maximum Gasteiger partial charge on any atom is 0.407 e. The summed E-state index contributed by atoms with van der Waals surface area (Å²) in [5.74, 6) is -0.227. The van der Waals surface area contributed by atoms with Gasteiger partial charge in [0.2, 0.25) is 0 Å². The summed E-state index contributed by atoms with van der Waals surface area (Å²) in [5.41, 5.74) is 0.646. The third-order valence-corrected chi connectivity index (χ3v) is 6.62. The largest absolute Gasteiger partial charge is 0.465 e. The van der Waals surface area contributed by atoms with E-state index < -0.39 is 12.1 Å². The van der Waals surface area contributed by atoms with Gasteiger partial charge in [0, 0.05) is 7.05 Å². The molecule has 0 saturated heterocycles. The highest BCUT2D eigenvalue weighted by atomic mass is 16.4. The molecule has 2 aliphatic rings. The van der Waals surface area contributed by atoms with Crippen LogP contribution in [-0.2, 0) is 0 Å². The first-order chi connectivity index (χ1) is 13.6. The van der Waals surface area contributed by atoms with E-state index in [1.165, 1.54) is 16.2 Å². The fourth-order valence-corrected chi connectivity index (χ4v) is 5.30. The maximum atomic E-state index is 12.9. The molecule has 6 nitrogen and oxygen atoms in total. The van der Waals surface area contributed by atoms with Crippen molar-refractivity contribution in [1.82, 2.24) is 9.80 Å². The molecule has 1 unspecified atom stereocenters. The van der Waals surface area contributed by atoms with Crippen molar-refractivity contribution in [3.63, 3.8) is 0 Å². The number of carbonyl (C=O) groups is 3. The van der Waals surface area contributed by atoms with Gasteiger partial charge in [-0.05, 0) is 29.4 Å². The van der Waals surface area contributed by atoms with Crippen LogP contribution >= 0.6 is 0 Å². The number of carboxylic acid groups (broad SMARTS) is 1. The highest BCUT2D eigenvalue weighted by molar-refractivity contribution is 6.21. The minimum Gasteiger partial charge on any atom is -0.465 e. The van der Waals surface area contributed by atoms with Crippen LogP contribution in [-0.4, -0.2) is 52.4 Å². The van der Waals surface area contributed by atoms with E-state index in [1.807, 2.05) is 0 Å². The van der Waals surface area contributed by atoms with Gasteiger partial charge in [-0.3, -0.25) is 14.5 Å². The lowest BCUT2D eigenvalue weighted by atomic mass is 9.64. The zero-order valence-corrected chi connectivity index (χ0v) is 17.9. The van der Waals surface area contributed by atoms with Crippen LogP contribution in [0.1, 0.15) is 73.6 Å². The van der Waals surface area contributed by atoms with Crippen molar-refractivity contribution < 1.29 is 19.5 Å². The van der Waals surface area contributed by atoms with Gasteiger partial charge in [0.15, 0.2) is 0 Å². The van der Waals surface area contributed by atoms with Gasteiger partial charge in [-0.15, -0.1) is 0 Å². The van der Waals surface area contributed by atoms with Crippen LogP contribution in [0.3, 0.4) is 0 Å². The Hall–Kier alpha value is -2.37. The zero-order chi connectivity index (χ0) is 21.3. The van der Waals surface area contributed by atoms with Gasteiger partial charge < -0.3 is 10.0 Å². The quantitative estimate of drug-likeness (QED) is 0.738. The van der Waals surface area contributed by atoms with Gasteiger partial charge in [0.1, 0.15) is 0 Å². The SMILES string of the molecule is CN(C(=O)O)C(CN1C(=O)c2ccccc2C1=O)[C@@H](C1CCCCC1)C(C)(C)C. The minimum absolute atomic E-state index is 0.0493. The van der Waals surface area contributed by atoms with Crippen LogP contribution < -0.4 is 0 Å². The highest BCUT2D eigenvalue weighted by Crippen LogP contribution is 2.43. The summed E-state index contributed by atoms with van der Waals surface area (Å²) in [7, 11) is 1.56. The van der Waals surface area contributed by atoms with Gasteiger partial charge in [-0.2, -0.15) is 0 Å². The molecule has 3 rings (SSSR count). The molecule has 0 radical (unpaired) electrons. The Bertz CT molecular complexity index is 757. The Kier molecular flexibility index (Phi) is 6.01. The van der Waals surface area contributed by atoms with Crippen molar-refractivity contribution in [2.75, 3.05) is 13.6 Å². The molecule has 0 spiro atoms. The second-order valence-corrected chi connectivity index (χ2v) is 9.52. The number of imide groups is 1. The summed E-state index contributed by atoms with van der Waals surface area (Å²) in [6.07, 6.45) is 4.60. The number of rotatable bonds is 5. The predicted molar refractivity (Wildman–Crippen MR) is 111 cm³/mol. The van der Waals surface area contributed by atoms with Crippen LogP contribution in [0, 0.1) is 17.3 Å². The molecular weight excluding hydrogens is 368 g/mol. The summed E-state index contributed by atoms with van der Waals surface area (Å²) in [6.45, 7) is 6.50. The lowest BCUT2D eigenvalue weighted by Crippen LogP contribution is -2.55. The molecule has 1 saturated carbocycles. The monoisotopic (exact) mass is 400 g/mol. The normalized spacial score (nSPS) is 19.8. The number of nitrogens with zero attached hydrogens (tertiary/aromatic N) is 2. The fourth-order valence-electron chi connectivity index (χ4n) is 5.30. The van der Waals surface area contributed by atoms with Gasteiger partial charge in [-0.25, -0.2) is 4.79 Å². The van der Waals surface area contributed by atoms with Crippen LogP contribution in [0.5, 0.6) is 0 Å². The summed E-state index contributed by atoms with van der Waals surface area (Å²) in [6, 6.07) is 6.36. The Morgan fingerprint density at radius 1 is 1.10 bits per heavy atom. The van der Waals surface area contributed by atoms with Crippen LogP contribution in [0.25, 0.3) is 0 Å².